The van der Waals surface area contributed by atoms with Crippen LogP contribution in [0.3, 0.4) is 0 Å². The van der Waals surface area contributed by atoms with E-state index in [9.17, 15) is 15.0 Å². The maximum atomic E-state index is 11.9. The van der Waals surface area contributed by atoms with Gasteiger partial charge >= 0.3 is 5.97 Å². The van der Waals surface area contributed by atoms with Crippen LogP contribution in [0.1, 0.15) is 109 Å². The van der Waals surface area contributed by atoms with Gasteiger partial charge in [0.1, 0.15) is 0 Å². The van der Waals surface area contributed by atoms with Gasteiger partial charge < -0.3 is 14.9 Å². The van der Waals surface area contributed by atoms with Crippen molar-refractivity contribution in [2.45, 2.75) is 111 Å². The van der Waals surface area contributed by atoms with Gasteiger partial charge in [-0.05, 0) is 122 Å². The van der Waals surface area contributed by atoms with E-state index in [1.165, 1.54) is 38.4 Å². The molecule has 0 heterocycles. The Morgan fingerprint density at radius 1 is 1.00 bits per heavy atom. The third kappa shape index (κ3) is 5.00. The molecule has 0 aliphatic heterocycles. The number of carbonyl (C=O) groups excluding carboxylic acids is 1. The highest BCUT2D eigenvalue weighted by molar-refractivity contribution is 5.77. The molecule has 222 valence electrons. The summed E-state index contributed by atoms with van der Waals surface area (Å²) >= 11 is 0. The number of carbonyl (C=O) groups is 1. The first-order chi connectivity index (χ1) is 19.0. The molecule has 4 nitrogen and oxygen atoms in total. The lowest BCUT2D eigenvalue weighted by Gasteiger charge is -2.64. The van der Waals surface area contributed by atoms with Crippen molar-refractivity contribution in [3.8, 4) is 0 Å². The average Bonchev–Trinajstić information content (AvgIpc) is 3.31. The summed E-state index contributed by atoms with van der Waals surface area (Å²) in [5.41, 5.74) is 2.72. The van der Waals surface area contributed by atoms with Crippen LogP contribution in [0.4, 0.5) is 0 Å². The van der Waals surface area contributed by atoms with Gasteiger partial charge in [0.05, 0.1) is 25.2 Å². The minimum atomic E-state index is -0.248. The van der Waals surface area contributed by atoms with Gasteiger partial charge in [0.15, 0.2) is 0 Å². The summed E-state index contributed by atoms with van der Waals surface area (Å²) in [4.78, 5) is 11.9. The van der Waals surface area contributed by atoms with Crippen molar-refractivity contribution in [1.82, 2.24) is 0 Å². The number of hydrogen-bond donors (Lipinski definition) is 2. The molecule has 4 aliphatic carbocycles. The Hall–Kier alpha value is -1.65. The van der Waals surface area contributed by atoms with Crippen LogP contribution in [-0.2, 0) is 9.53 Å². The molecule has 0 spiro atoms. The average molecular weight is 551 g/mol. The summed E-state index contributed by atoms with van der Waals surface area (Å²) in [6.07, 6.45) is 14.3. The molecule has 4 fully saturated rings. The van der Waals surface area contributed by atoms with Crippen molar-refractivity contribution < 1.29 is 19.7 Å². The number of hydrogen-bond acceptors (Lipinski definition) is 4. The molecule has 0 radical (unpaired) electrons. The normalized spacial score (nSPS) is 42.5. The summed E-state index contributed by atoms with van der Waals surface area (Å²) in [5.74, 6) is 3.26. The van der Waals surface area contributed by atoms with Crippen molar-refractivity contribution >= 4 is 12.0 Å². The molecule has 4 saturated carbocycles. The number of aliphatic hydroxyl groups excluding tert-OH is 2. The van der Waals surface area contributed by atoms with Crippen molar-refractivity contribution in [3.63, 3.8) is 0 Å². The third-order valence-electron chi connectivity index (χ3n) is 13.0. The number of aliphatic hydroxyl groups is 2. The second-order valence-corrected chi connectivity index (χ2v) is 14.6. The smallest absolute Gasteiger partial charge is 0.312 e. The van der Waals surface area contributed by atoms with E-state index in [0.29, 0.717) is 46.8 Å². The zero-order valence-electron chi connectivity index (χ0n) is 25.8. The molecule has 0 bridgehead atoms. The number of esters is 1. The van der Waals surface area contributed by atoms with Gasteiger partial charge in [0.25, 0.3) is 0 Å². The van der Waals surface area contributed by atoms with Crippen molar-refractivity contribution in [2.24, 2.45) is 52.3 Å². The molecular weight excluding hydrogens is 496 g/mol. The molecule has 0 saturated heterocycles. The molecule has 0 amide bonds. The standard InChI is InChI=1S/C36H54O4/c1-7-27-31-21-26(37)17-19-36(31,5)30-18-20-35(4)28(15-16-29(35)32(30)33(27)38)22(2)9-8-10-24-11-13-25(14-12-24)23(3)34(39)40-6/h8,10-14,22-23,26-33,37-38H,7,9,15-21H2,1-6H3/b10-8+/t22-,23?,26-,27-,28-,29+,30+,31+,32+,33-,35-,36-/m1/s1. The van der Waals surface area contributed by atoms with Gasteiger partial charge in [-0.3, -0.25) is 4.79 Å². The van der Waals surface area contributed by atoms with Crippen LogP contribution >= 0.6 is 0 Å². The van der Waals surface area contributed by atoms with E-state index in [2.05, 4.69) is 52.0 Å². The third-order valence-corrected chi connectivity index (χ3v) is 13.0. The molecule has 1 unspecified atom stereocenters. The first-order valence-corrected chi connectivity index (χ1v) is 16.3. The van der Waals surface area contributed by atoms with E-state index in [-0.39, 0.29) is 29.5 Å². The summed E-state index contributed by atoms with van der Waals surface area (Å²) in [6.45, 7) is 11.7. The fourth-order valence-electron chi connectivity index (χ4n) is 10.7. The molecule has 4 heteroatoms. The lowest BCUT2D eigenvalue weighted by molar-refractivity contribution is -0.203. The SMILES string of the molecule is CC[C@H]1[C@@H](O)[C@@H]2[C@H](CC[C@]3(C)[C@@H]([C@H](C)C/C=C/c4ccc(C(C)C(=O)OC)cc4)CC[C@@H]23)[C@@]2(C)CC[C@@H](O)C[C@@H]12. The topological polar surface area (TPSA) is 66.8 Å². The zero-order valence-corrected chi connectivity index (χ0v) is 25.8. The minimum Gasteiger partial charge on any atom is -0.469 e. The Kier molecular flexibility index (Phi) is 8.62. The van der Waals surface area contributed by atoms with Gasteiger partial charge in [-0.2, -0.15) is 0 Å². The number of rotatable bonds is 7. The molecule has 5 rings (SSSR count). The van der Waals surface area contributed by atoms with Gasteiger partial charge in [0.2, 0.25) is 0 Å². The Balaban J connectivity index is 1.27. The van der Waals surface area contributed by atoms with Gasteiger partial charge in [-0.1, -0.05) is 70.5 Å². The largest absolute Gasteiger partial charge is 0.469 e. The van der Waals surface area contributed by atoms with Crippen molar-refractivity contribution in [3.05, 3.63) is 41.5 Å². The predicted octanol–water partition coefficient (Wildman–Crippen LogP) is 7.63. The highest BCUT2D eigenvalue weighted by Gasteiger charge is 2.64. The molecule has 2 N–H and O–H groups in total. The zero-order chi connectivity index (χ0) is 28.8. The number of fused-ring (bicyclic) bond motifs is 5. The maximum absolute atomic E-state index is 11.9. The number of allylic oxidation sites excluding steroid dienone is 1. The van der Waals surface area contributed by atoms with Gasteiger partial charge in [-0.15, -0.1) is 0 Å². The molecular formula is C36H54O4. The molecule has 40 heavy (non-hydrogen) atoms. The van der Waals surface area contributed by atoms with E-state index >= 15 is 0 Å². The Bertz CT molecular complexity index is 1060. The molecule has 12 atom stereocenters. The first kappa shape index (κ1) is 29.8. The van der Waals surface area contributed by atoms with Crippen LogP contribution in [0, 0.1) is 52.3 Å². The van der Waals surface area contributed by atoms with Crippen molar-refractivity contribution in [1.29, 1.82) is 0 Å². The second-order valence-electron chi connectivity index (χ2n) is 14.6. The quantitative estimate of drug-likeness (QED) is 0.343. The second kappa shape index (κ2) is 11.6. The lowest BCUT2D eigenvalue weighted by atomic mass is 9.41. The van der Waals surface area contributed by atoms with E-state index in [4.69, 9.17) is 4.74 Å². The van der Waals surface area contributed by atoms with Gasteiger partial charge in [-0.25, -0.2) is 0 Å². The fourth-order valence-corrected chi connectivity index (χ4v) is 10.7. The number of benzene rings is 1. The van der Waals surface area contributed by atoms with Crippen LogP contribution < -0.4 is 0 Å². The highest BCUT2D eigenvalue weighted by Crippen LogP contribution is 2.69. The number of methoxy groups -OCH3 is 1. The Morgan fingerprint density at radius 3 is 2.35 bits per heavy atom. The molecule has 0 aromatic heterocycles. The monoisotopic (exact) mass is 550 g/mol. The van der Waals surface area contributed by atoms with Crippen molar-refractivity contribution in [2.75, 3.05) is 7.11 Å². The summed E-state index contributed by atoms with van der Waals surface area (Å²) in [7, 11) is 1.44. The summed E-state index contributed by atoms with van der Waals surface area (Å²) < 4.78 is 4.88. The maximum Gasteiger partial charge on any atom is 0.312 e. The first-order valence-electron chi connectivity index (χ1n) is 16.3. The summed E-state index contributed by atoms with van der Waals surface area (Å²) in [6, 6.07) is 8.25. The Morgan fingerprint density at radius 2 is 1.68 bits per heavy atom. The molecule has 1 aromatic carbocycles. The van der Waals surface area contributed by atoms with Crippen LogP contribution in [0.2, 0.25) is 0 Å². The van der Waals surface area contributed by atoms with Crippen LogP contribution in [-0.4, -0.2) is 35.5 Å². The van der Waals surface area contributed by atoms with Crippen LogP contribution in [0.15, 0.2) is 30.3 Å². The molecule has 4 aliphatic rings. The van der Waals surface area contributed by atoms with E-state index < -0.39 is 0 Å². The molecule has 1 aromatic rings. The van der Waals surface area contributed by atoms with Gasteiger partial charge in [0, 0.05) is 0 Å². The predicted molar refractivity (Wildman–Crippen MR) is 161 cm³/mol. The van der Waals surface area contributed by atoms with Crippen LogP contribution in [0.5, 0.6) is 0 Å². The lowest BCUT2D eigenvalue weighted by Crippen LogP contribution is -2.62. The Labute approximate surface area is 243 Å². The minimum absolute atomic E-state index is 0.184. The highest BCUT2D eigenvalue weighted by atomic mass is 16.5. The van der Waals surface area contributed by atoms with E-state index in [1.54, 1.807) is 0 Å². The van der Waals surface area contributed by atoms with E-state index in [1.807, 2.05) is 19.1 Å². The summed E-state index contributed by atoms with van der Waals surface area (Å²) in [5, 5.41) is 22.5. The fraction of sp³-hybridized carbons (Fsp3) is 0.750. The van der Waals surface area contributed by atoms with Crippen LogP contribution in [0.25, 0.3) is 6.08 Å². The number of ether oxygens (including phenoxy) is 1. The van der Waals surface area contributed by atoms with E-state index in [0.717, 1.165) is 37.7 Å².